The predicted octanol–water partition coefficient (Wildman–Crippen LogP) is 1.61. The van der Waals surface area contributed by atoms with Gasteiger partial charge in [0.1, 0.15) is 5.92 Å². The fourth-order valence-corrected chi connectivity index (χ4v) is 3.63. The van der Waals surface area contributed by atoms with Crippen molar-refractivity contribution in [1.29, 1.82) is 0 Å². The number of hydrogen-bond acceptors (Lipinski definition) is 3. The first-order valence-electron chi connectivity index (χ1n) is 8.42. The highest BCUT2D eigenvalue weighted by Crippen LogP contribution is 2.29. The van der Waals surface area contributed by atoms with E-state index in [1.165, 1.54) is 5.56 Å². The summed E-state index contributed by atoms with van der Waals surface area (Å²) in [7, 11) is 0. The molecule has 2 atom stereocenters. The third-order valence-electron chi connectivity index (χ3n) is 5.24. The second-order valence-electron chi connectivity index (χ2n) is 6.66. The first-order valence-corrected chi connectivity index (χ1v) is 8.42. The van der Waals surface area contributed by atoms with E-state index in [1.54, 1.807) is 4.90 Å². The number of likely N-dealkylation sites (tertiary alicyclic amines) is 1. The minimum atomic E-state index is -0.538. The van der Waals surface area contributed by atoms with Gasteiger partial charge in [-0.2, -0.15) is 0 Å². The molecule has 1 aromatic carbocycles. The minimum Gasteiger partial charge on any atom is -0.338 e. The summed E-state index contributed by atoms with van der Waals surface area (Å²) in [5, 5.41) is 0. The van der Waals surface area contributed by atoms with Gasteiger partial charge >= 0.3 is 0 Å². The third kappa shape index (κ3) is 2.85. The SMILES string of the molecule is Cc1ccc(N2CC[C@H](C(=O)N3CCC[C@H]3CN)C2=O)cc1C. The Morgan fingerprint density at radius 2 is 2.00 bits per heavy atom. The van der Waals surface area contributed by atoms with Crippen LogP contribution in [0, 0.1) is 19.8 Å². The number of benzene rings is 1. The van der Waals surface area contributed by atoms with Crippen molar-refractivity contribution in [1.82, 2.24) is 4.90 Å². The normalized spacial score (nSPS) is 24.6. The summed E-state index contributed by atoms with van der Waals surface area (Å²) in [6, 6.07) is 6.12. The van der Waals surface area contributed by atoms with Crippen LogP contribution in [0.2, 0.25) is 0 Å². The summed E-state index contributed by atoms with van der Waals surface area (Å²) in [6.07, 6.45) is 2.53. The molecule has 2 fully saturated rings. The van der Waals surface area contributed by atoms with E-state index in [9.17, 15) is 9.59 Å². The van der Waals surface area contributed by atoms with Crippen LogP contribution in [-0.4, -0.2) is 42.4 Å². The van der Waals surface area contributed by atoms with Crippen molar-refractivity contribution in [2.45, 2.75) is 39.2 Å². The van der Waals surface area contributed by atoms with Crippen molar-refractivity contribution in [3.63, 3.8) is 0 Å². The van der Waals surface area contributed by atoms with Crippen LogP contribution in [-0.2, 0) is 9.59 Å². The third-order valence-corrected chi connectivity index (χ3v) is 5.24. The molecule has 5 nitrogen and oxygen atoms in total. The molecule has 0 aliphatic carbocycles. The first kappa shape index (κ1) is 16.0. The number of aryl methyl sites for hydroxylation is 2. The van der Waals surface area contributed by atoms with E-state index in [0.717, 1.165) is 30.6 Å². The van der Waals surface area contributed by atoms with Crippen molar-refractivity contribution in [3.05, 3.63) is 29.3 Å². The molecule has 2 aliphatic rings. The average Bonchev–Trinajstić information content (AvgIpc) is 3.16. The molecule has 0 spiro atoms. The lowest BCUT2D eigenvalue weighted by Crippen LogP contribution is -2.45. The van der Waals surface area contributed by atoms with Crippen LogP contribution in [0.4, 0.5) is 5.69 Å². The Kier molecular flexibility index (Phi) is 4.39. The molecule has 0 radical (unpaired) electrons. The summed E-state index contributed by atoms with van der Waals surface area (Å²) in [6.45, 7) is 5.91. The molecular weight excluding hydrogens is 290 g/mol. The monoisotopic (exact) mass is 315 g/mol. The van der Waals surface area contributed by atoms with Gasteiger partial charge in [-0.1, -0.05) is 6.07 Å². The standard InChI is InChI=1S/C18H25N3O2/c1-12-5-6-14(10-13(12)2)21-9-7-16(18(21)23)17(22)20-8-3-4-15(20)11-19/h5-6,10,15-16H,3-4,7-9,11,19H2,1-2H3/t15-,16+/m0/s1. The van der Waals surface area contributed by atoms with E-state index < -0.39 is 5.92 Å². The fraction of sp³-hybridized carbons (Fsp3) is 0.556. The molecule has 1 aromatic rings. The number of nitrogens with zero attached hydrogens (tertiary/aromatic N) is 2. The van der Waals surface area contributed by atoms with Crippen molar-refractivity contribution >= 4 is 17.5 Å². The Morgan fingerprint density at radius 3 is 2.70 bits per heavy atom. The Morgan fingerprint density at radius 1 is 1.22 bits per heavy atom. The molecule has 2 heterocycles. The van der Waals surface area contributed by atoms with E-state index >= 15 is 0 Å². The highest BCUT2D eigenvalue weighted by atomic mass is 16.2. The van der Waals surface area contributed by atoms with Crippen LogP contribution in [0.25, 0.3) is 0 Å². The quantitative estimate of drug-likeness (QED) is 0.862. The number of carbonyl (C=O) groups excluding carboxylic acids is 2. The second kappa shape index (κ2) is 6.32. The number of carbonyl (C=O) groups is 2. The highest BCUT2D eigenvalue weighted by Gasteiger charge is 2.42. The average molecular weight is 315 g/mol. The summed E-state index contributed by atoms with van der Waals surface area (Å²) in [5.41, 5.74) is 9.01. The number of rotatable bonds is 3. The van der Waals surface area contributed by atoms with Crippen LogP contribution >= 0.6 is 0 Å². The van der Waals surface area contributed by atoms with Gasteiger partial charge in [0.05, 0.1) is 0 Å². The maximum atomic E-state index is 12.7. The van der Waals surface area contributed by atoms with Gasteiger partial charge in [0.15, 0.2) is 0 Å². The lowest BCUT2D eigenvalue weighted by Gasteiger charge is -2.26. The molecule has 0 aromatic heterocycles. The number of anilines is 1. The molecule has 0 bridgehead atoms. The van der Waals surface area contributed by atoms with Gasteiger partial charge in [-0.3, -0.25) is 9.59 Å². The zero-order valence-electron chi connectivity index (χ0n) is 13.9. The molecular formula is C18H25N3O2. The Labute approximate surface area is 137 Å². The topological polar surface area (TPSA) is 66.6 Å². The summed E-state index contributed by atoms with van der Waals surface area (Å²) >= 11 is 0. The largest absolute Gasteiger partial charge is 0.338 e. The smallest absolute Gasteiger partial charge is 0.239 e. The zero-order valence-corrected chi connectivity index (χ0v) is 13.9. The lowest BCUT2D eigenvalue weighted by atomic mass is 10.1. The van der Waals surface area contributed by atoms with Crippen molar-refractivity contribution in [2.75, 3.05) is 24.5 Å². The van der Waals surface area contributed by atoms with Gasteiger partial charge in [-0.25, -0.2) is 0 Å². The Bertz CT molecular complexity index is 629. The molecule has 2 amide bonds. The van der Waals surface area contributed by atoms with Gasteiger partial charge in [0.2, 0.25) is 11.8 Å². The molecule has 0 unspecified atom stereocenters. The second-order valence-corrected chi connectivity index (χ2v) is 6.66. The Hall–Kier alpha value is -1.88. The number of amides is 2. The maximum Gasteiger partial charge on any atom is 0.239 e. The summed E-state index contributed by atoms with van der Waals surface area (Å²) < 4.78 is 0. The van der Waals surface area contributed by atoms with Gasteiger partial charge in [-0.15, -0.1) is 0 Å². The van der Waals surface area contributed by atoms with E-state index in [2.05, 4.69) is 6.92 Å². The van der Waals surface area contributed by atoms with Crippen LogP contribution in [0.1, 0.15) is 30.4 Å². The highest BCUT2D eigenvalue weighted by molar-refractivity contribution is 6.09. The predicted molar refractivity (Wildman–Crippen MR) is 90.2 cm³/mol. The zero-order chi connectivity index (χ0) is 16.6. The molecule has 23 heavy (non-hydrogen) atoms. The maximum absolute atomic E-state index is 12.7. The van der Waals surface area contributed by atoms with Crippen LogP contribution < -0.4 is 10.6 Å². The van der Waals surface area contributed by atoms with E-state index in [0.29, 0.717) is 19.5 Å². The van der Waals surface area contributed by atoms with Gasteiger partial charge in [0.25, 0.3) is 0 Å². The van der Waals surface area contributed by atoms with Crippen molar-refractivity contribution < 1.29 is 9.59 Å². The summed E-state index contributed by atoms with van der Waals surface area (Å²) in [5.74, 6) is -0.640. The first-order chi connectivity index (χ1) is 11.0. The van der Waals surface area contributed by atoms with Gasteiger partial charge < -0.3 is 15.5 Å². The van der Waals surface area contributed by atoms with Crippen LogP contribution in [0.15, 0.2) is 18.2 Å². The van der Waals surface area contributed by atoms with E-state index in [-0.39, 0.29) is 17.9 Å². The van der Waals surface area contributed by atoms with E-state index in [1.807, 2.05) is 30.0 Å². The molecule has 2 aliphatic heterocycles. The molecule has 3 rings (SSSR count). The minimum absolute atomic E-state index is 0.0331. The number of hydrogen-bond donors (Lipinski definition) is 1. The van der Waals surface area contributed by atoms with Gasteiger partial charge in [-0.05, 0) is 56.4 Å². The van der Waals surface area contributed by atoms with Crippen LogP contribution in [0.3, 0.4) is 0 Å². The molecule has 5 heteroatoms. The molecule has 2 N–H and O–H groups in total. The fourth-order valence-electron chi connectivity index (χ4n) is 3.63. The van der Waals surface area contributed by atoms with Crippen molar-refractivity contribution in [2.24, 2.45) is 11.7 Å². The van der Waals surface area contributed by atoms with E-state index in [4.69, 9.17) is 5.73 Å². The number of nitrogens with two attached hydrogens (primary N) is 1. The lowest BCUT2D eigenvalue weighted by molar-refractivity contribution is -0.140. The van der Waals surface area contributed by atoms with Gasteiger partial charge in [0, 0.05) is 31.4 Å². The summed E-state index contributed by atoms with van der Waals surface area (Å²) in [4.78, 5) is 29.1. The molecule has 124 valence electrons. The van der Waals surface area contributed by atoms with Crippen molar-refractivity contribution in [3.8, 4) is 0 Å². The van der Waals surface area contributed by atoms with Crippen LogP contribution in [0.5, 0.6) is 0 Å². The molecule has 0 saturated carbocycles. The Balaban J connectivity index is 1.76. The molecule has 2 saturated heterocycles.